The maximum Gasteiger partial charge on any atom is 0.303 e. The van der Waals surface area contributed by atoms with Gasteiger partial charge in [0.05, 0.1) is 0 Å². The lowest BCUT2D eigenvalue weighted by atomic mass is 10.0. The molecule has 3 N–H and O–H groups in total. The molecule has 1 unspecified atom stereocenters. The van der Waals surface area contributed by atoms with Crippen molar-refractivity contribution in [1.82, 2.24) is 4.98 Å². The number of nitrogens with two attached hydrogens (primary N) is 1. The zero-order valence-corrected chi connectivity index (χ0v) is 9.77. The van der Waals surface area contributed by atoms with Gasteiger partial charge in [0.2, 0.25) is 0 Å². The lowest BCUT2D eigenvalue weighted by molar-refractivity contribution is -0.137. The Morgan fingerprint density at radius 3 is 2.93 bits per heavy atom. The molecule has 0 bridgehead atoms. The molecule has 4 nitrogen and oxygen atoms in total. The summed E-state index contributed by atoms with van der Waals surface area (Å²) in [6.07, 6.45) is 4.70. The van der Waals surface area contributed by atoms with Crippen LogP contribution in [0.5, 0.6) is 0 Å². The molecular formula is C10H13BrN2O2. The molecule has 0 aromatic carbocycles. The van der Waals surface area contributed by atoms with Crippen molar-refractivity contribution < 1.29 is 9.90 Å². The van der Waals surface area contributed by atoms with Gasteiger partial charge in [-0.15, -0.1) is 0 Å². The number of carboxylic acids is 1. The minimum atomic E-state index is -0.808. The van der Waals surface area contributed by atoms with Crippen molar-refractivity contribution in [3.05, 3.63) is 28.5 Å². The van der Waals surface area contributed by atoms with E-state index in [0.717, 1.165) is 10.0 Å². The third kappa shape index (κ3) is 4.90. The molecule has 1 aromatic rings. The molecule has 0 aliphatic carbocycles. The van der Waals surface area contributed by atoms with E-state index in [1.165, 1.54) is 0 Å². The first-order chi connectivity index (χ1) is 7.08. The highest BCUT2D eigenvalue weighted by molar-refractivity contribution is 9.10. The first kappa shape index (κ1) is 12.1. The van der Waals surface area contributed by atoms with Gasteiger partial charge in [0, 0.05) is 29.3 Å². The summed E-state index contributed by atoms with van der Waals surface area (Å²) in [7, 11) is 0. The van der Waals surface area contributed by atoms with Crippen LogP contribution >= 0.6 is 15.9 Å². The molecule has 1 rings (SSSR count). The molecule has 1 heterocycles. The van der Waals surface area contributed by atoms with Gasteiger partial charge < -0.3 is 10.8 Å². The van der Waals surface area contributed by atoms with Crippen LogP contribution in [-0.4, -0.2) is 22.1 Å². The Hall–Kier alpha value is -0.940. The van der Waals surface area contributed by atoms with E-state index in [1.54, 1.807) is 12.4 Å². The van der Waals surface area contributed by atoms with Crippen LogP contribution in [0.3, 0.4) is 0 Å². The molecule has 0 aliphatic heterocycles. The number of carbonyl (C=O) groups is 1. The number of nitrogens with zero attached hydrogens (tertiary/aromatic N) is 1. The molecular weight excluding hydrogens is 260 g/mol. The van der Waals surface area contributed by atoms with Crippen LogP contribution in [0.2, 0.25) is 0 Å². The number of carboxylic acid groups (broad SMARTS) is 1. The number of hydrogen-bond donors (Lipinski definition) is 2. The van der Waals surface area contributed by atoms with E-state index in [-0.39, 0.29) is 12.5 Å². The molecule has 15 heavy (non-hydrogen) atoms. The average Bonchev–Trinajstić information content (AvgIpc) is 2.15. The van der Waals surface area contributed by atoms with Gasteiger partial charge in [-0.05, 0) is 40.4 Å². The van der Waals surface area contributed by atoms with Gasteiger partial charge in [0.15, 0.2) is 0 Å². The molecule has 0 saturated heterocycles. The van der Waals surface area contributed by atoms with E-state index in [0.29, 0.717) is 12.8 Å². The first-order valence-electron chi connectivity index (χ1n) is 4.64. The molecule has 0 saturated carbocycles. The fraction of sp³-hybridized carbons (Fsp3) is 0.400. The van der Waals surface area contributed by atoms with Crippen molar-refractivity contribution in [2.45, 2.75) is 25.3 Å². The van der Waals surface area contributed by atoms with Crippen molar-refractivity contribution >= 4 is 21.9 Å². The Kier molecular flexibility index (Phi) is 4.71. The van der Waals surface area contributed by atoms with Gasteiger partial charge in [-0.25, -0.2) is 0 Å². The van der Waals surface area contributed by atoms with Crippen LogP contribution in [-0.2, 0) is 11.2 Å². The number of pyridine rings is 1. The number of aliphatic carboxylic acids is 1. The van der Waals surface area contributed by atoms with E-state index in [4.69, 9.17) is 10.8 Å². The highest BCUT2D eigenvalue weighted by atomic mass is 79.9. The molecule has 1 aromatic heterocycles. The Bertz CT molecular complexity index is 344. The molecule has 0 amide bonds. The summed E-state index contributed by atoms with van der Waals surface area (Å²) in [5.41, 5.74) is 6.81. The lowest BCUT2D eigenvalue weighted by Gasteiger charge is -2.09. The van der Waals surface area contributed by atoms with Crippen LogP contribution in [0.15, 0.2) is 22.9 Å². The van der Waals surface area contributed by atoms with Crippen LogP contribution in [0.1, 0.15) is 18.4 Å². The summed E-state index contributed by atoms with van der Waals surface area (Å²) in [5, 5.41) is 8.50. The highest BCUT2D eigenvalue weighted by Gasteiger charge is 2.07. The summed E-state index contributed by atoms with van der Waals surface area (Å²) in [6, 6.07) is 1.81. The fourth-order valence-electron chi connectivity index (χ4n) is 1.28. The smallest absolute Gasteiger partial charge is 0.303 e. The van der Waals surface area contributed by atoms with Gasteiger partial charge in [-0.2, -0.15) is 0 Å². The Balaban J connectivity index is 2.44. The molecule has 0 radical (unpaired) electrons. The van der Waals surface area contributed by atoms with Crippen molar-refractivity contribution in [2.24, 2.45) is 5.73 Å². The zero-order chi connectivity index (χ0) is 11.3. The van der Waals surface area contributed by atoms with Crippen molar-refractivity contribution in [3.8, 4) is 0 Å². The normalized spacial score (nSPS) is 12.4. The fourth-order valence-corrected chi connectivity index (χ4v) is 1.69. The second kappa shape index (κ2) is 5.82. The number of aromatic nitrogens is 1. The van der Waals surface area contributed by atoms with Crippen LogP contribution in [0.25, 0.3) is 0 Å². The Labute approximate surface area is 96.6 Å². The number of hydrogen-bond acceptors (Lipinski definition) is 3. The quantitative estimate of drug-likeness (QED) is 0.853. The van der Waals surface area contributed by atoms with E-state index in [9.17, 15) is 4.79 Å². The molecule has 0 fully saturated rings. The summed E-state index contributed by atoms with van der Waals surface area (Å²) < 4.78 is 0.908. The summed E-state index contributed by atoms with van der Waals surface area (Å²) in [6.45, 7) is 0. The Morgan fingerprint density at radius 1 is 1.60 bits per heavy atom. The maximum absolute atomic E-state index is 10.3. The summed E-state index contributed by atoms with van der Waals surface area (Å²) >= 11 is 3.32. The molecule has 1 atom stereocenters. The van der Waals surface area contributed by atoms with E-state index >= 15 is 0 Å². The minimum Gasteiger partial charge on any atom is -0.481 e. The second-order valence-corrected chi connectivity index (χ2v) is 4.32. The average molecular weight is 273 g/mol. The lowest BCUT2D eigenvalue weighted by Crippen LogP contribution is -2.23. The standard InChI is InChI=1S/C10H13BrN2O2/c11-8-3-7(5-13-6-8)4-9(12)1-2-10(14)15/h3,5-6,9H,1-2,4,12H2,(H,14,15). The van der Waals surface area contributed by atoms with Crippen LogP contribution < -0.4 is 5.73 Å². The van der Waals surface area contributed by atoms with Crippen molar-refractivity contribution in [3.63, 3.8) is 0 Å². The maximum atomic E-state index is 10.3. The van der Waals surface area contributed by atoms with E-state index in [1.807, 2.05) is 6.07 Å². The van der Waals surface area contributed by atoms with Gasteiger partial charge in [0.1, 0.15) is 0 Å². The van der Waals surface area contributed by atoms with Gasteiger partial charge >= 0.3 is 5.97 Å². The summed E-state index contributed by atoms with van der Waals surface area (Å²) in [5.74, 6) is -0.808. The minimum absolute atomic E-state index is 0.114. The predicted octanol–water partition coefficient (Wildman–Crippen LogP) is 1.58. The summed E-state index contributed by atoms with van der Waals surface area (Å²) in [4.78, 5) is 14.3. The SMILES string of the molecule is NC(CCC(=O)O)Cc1cncc(Br)c1. The van der Waals surface area contributed by atoms with Crippen LogP contribution in [0, 0.1) is 0 Å². The topological polar surface area (TPSA) is 76.2 Å². The van der Waals surface area contributed by atoms with Gasteiger partial charge in [-0.1, -0.05) is 0 Å². The zero-order valence-electron chi connectivity index (χ0n) is 8.19. The van der Waals surface area contributed by atoms with Gasteiger partial charge in [-0.3, -0.25) is 9.78 Å². The molecule has 0 spiro atoms. The number of rotatable bonds is 5. The van der Waals surface area contributed by atoms with E-state index in [2.05, 4.69) is 20.9 Å². The molecule has 0 aliphatic rings. The predicted molar refractivity (Wildman–Crippen MR) is 60.5 cm³/mol. The van der Waals surface area contributed by atoms with Crippen molar-refractivity contribution in [1.29, 1.82) is 0 Å². The molecule has 5 heteroatoms. The third-order valence-electron chi connectivity index (χ3n) is 1.99. The first-order valence-corrected chi connectivity index (χ1v) is 5.44. The van der Waals surface area contributed by atoms with Crippen LogP contribution in [0.4, 0.5) is 0 Å². The largest absolute Gasteiger partial charge is 0.481 e. The van der Waals surface area contributed by atoms with E-state index < -0.39 is 5.97 Å². The monoisotopic (exact) mass is 272 g/mol. The highest BCUT2D eigenvalue weighted by Crippen LogP contribution is 2.11. The van der Waals surface area contributed by atoms with Crippen molar-refractivity contribution in [2.75, 3.05) is 0 Å². The molecule has 82 valence electrons. The number of halogens is 1. The Morgan fingerprint density at radius 2 is 2.33 bits per heavy atom. The van der Waals surface area contributed by atoms with Gasteiger partial charge in [0.25, 0.3) is 0 Å². The third-order valence-corrected chi connectivity index (χ3v) is 2.42. The second-order valence-electron chi connectivity index (χ2n) is 3.41.